The number of ether oxygens (including phenoxy) is 2. The minimum atomic E-state index is -5.48. The quantitative estimate of drug-likeness (QED) is 0.132. The first kappa shape index (κ1) is 38.1. The second kappa shape index (κ2) is 14.8. The predicted octanol–water partition coefficient (Wildman–Crippen LogP) is 12.9. The monoisotopic (exact) mass is 764 g/mol. The van der Waals surface area contributed by atoms with E-state index >= 15 is 26.3 Å². The van der Waals surface area contributed by atoms with E-state index in [2.05, 4.69) is 9.47 Å². The summed E-state index contributed by atoms with van der Waals surface area (Å²) >= 11 is 6.02. The van der Waals surface area contributed by atoms with E-state index in [1.807, 2.05) is 0 Å². The summed E-state index contributed by atoms with van der Waals surface area (Å²) < 4.78 is 189. The van der Waals surface area contributed by atoms with E-state index in [0.29, 0.717) is 29.3 Å². The van der Waals surface area contributed by atoms with Crippen molar-refractivity contribution < 1.29 is 66.5 Å². The summed E-state index contributed by atoms with van der Waals surface area (Å²) in [4.78, 5) is 0. The first-order valence-electron chi connectivity index (χ1n) is 14.5. The minimum absolute atomic E-state index is 0.0722. The van der Waals surface area contributed by atoms with Gasteiger partial charge in [0.1, 0.15) is 34.6 Å². The summed E-state index contributed by atoms with van der Waals surface area (Å²) in [6, 6.07) is 11.3. The SMILES string of the molecule is FC(F)=CCCc1ccc(-c2cc(F)c(C(F)(F)Oc3ccc(-c4cc(F)c(-c5cc(F)c(OC(F)(F)F)c(F)c5)c(F)c4)c(F)c3)c(Cl)c2)cc1. The fraction of sp³-hybridized carbons (Fsp3) is 0.111. The van der Waals surface area contributed by atoms with Crippen LogP contribution in [0.3, 0.4) is 0 Å². The molecule has 5 rings (SSSR count). The van der Waals surface area contributed by atoms with Crippen LogP contribution in [0.2, 0.25) is 5.02 Å². The topological polar surface area (TPSA) is 18.5 Å². The molecule has 0 aliphatic heterocycles. The number of rotatable bonds is 10. The largest absolute Gasteiger partial charge is 0.573 e. The van der Waals surface area contributed by atoms with Gasteiger partial charge in [-0.15, -0.1) is 13.2 Å². The van der Waals surface area contributed by atoms with E-state index in [1.54, 1.807) is 12.1 Å². The Hall–Kier alpha value is -5.18. The standard InChI is InChI=1S/C36H18ClF13O2/c37-24-10-19(18-6-4-17(5-7-18)2-1-3-31(44)45)11-28(41)33(24)35(46,47)51-22-8-9-23(25(38)16-22)20-12-26(39)32(27(40)13-20)21-14-29(42)34(30(43)15-21)52-36(48,49)50/h3-16H,1-2H2. The lowest BCUT2D eigenvalue weighted by atomic mass is 9.98. The van der Waals surface area contributed by atoms with Crippen molar-refractivity contribution in [3.05, 3.63) is 142 Å². The van der Waals surface area contributed by atoms with Crippen molar-refractivity contribution in [3.8, 4) is 44.9 Å². The lowest BCUT2D eigenvalue weighted by Gasteiger charge is -2.21. The third-order valence-corrected chi connectivity index (χ3v) is 7.69. The molecule has 0 atom stereocenters. The van der Waals surface area contributed by atoms with Crippen molar-refractivity contribution in [1.82, 2.24) is 0 Å². The van der Waals surface area contributed by atoms with Gasteiger partial charge in [-0.3, -0.25) is 0 Å². The van der Waals surface area contributed by atoms with Crippen LogP contribution >= 0.6 is 11.6 Å². The van der Waals surface area contributed by atoms with E-state index in [-0.39, 0.29) is 30.5 Å². The van der Waals surface area contributed by atoms with Crippen molar-refractivity contribution in [2.45, 2.75) is 25.3 Å². The maximum Gasteiger partial charge on any atom is 0.573 e. The molecule has 16 heteroatoms. The number of allylic oxidation sites excluding steroid dienone is 1. The second-order valence-corrected chi connectivity index (χ2v) is 11.3. The third kappa shape index (κ3) is 8.64. The van der Waals surface area contributed by atoms with Gasteiger partial charge in [-0.2, -0.15) is 17.6 Å². The van der Waals surface area contributed by atoms with Crippen molar-refractivity contribution in [2.24, 2.45) is 0 Å². The van der Waals surface area contributed by atoms with Crippen molar-refractivity contribution >= 4 is 11.6 Å². The molecule has 0 aliphatic rings. The Labute approximate surface area is 290 Å². The van der Waals surface area contributed by atoms with E-state index in [0.717, 1.165) is 30.3 Å². The van der Waals surface area contributed by atoms with Crippen LogP contribution in [0, 0.1) is 34.9 Å². The molecule has 0 amide bonds. The molecule has 5 aromatic carbocycles. The molecule has 0 fully saturated rings. The van der Waals surface area contributed by atoms with Gasteiger partial charge in [0.2, 0.25) is 5.75 Å². The van der Waals surface area contributed by atoms with Gasteiger partial charge in [-0.1, -0.05) is 35.9 Å². The van der Waals surface area contributed by atoms with Crippen LogP contribution in [0.1, 0.15) is 17.5 Å². The number of hydrogen-bond donors (Lipinski definition) is 0. The van der Waals surface area contributed by atoms with E-state index in [1.165, 1.54) is 12.1 Å². The molecule has 0 saturated heterocycles. The first-order chi connectivity index (χ1) is 24.3. The van der Waals surface area contributed by atoms with Gasteiger partial charge in [0, 0.05) is 11.6 Å². The zero-order valence-corrected chi connectivity index (χ0v) is 26.4. The average Bonchev–Trinajstić information content (AvgIpc) is 3.01. The van der Waals surface area contributed by atoms with Crippen molar-refractivity contribution in [2.75, 3.05) is 0 Å². The molecule has 0 saturated carbocycles. The zero-order valence-electron chi connectivity index (χ0n) is 25.6. The normalized spacial score (nSPS) is 11.8. The summed E-state index contributed by atoms with van der Waals surface area (Å²) in [5, 5.41) is -0.766. The van der Waals surface area contributed by atoms with E-state index in [9.17, 15) is 30.7 Å². The van der Waals surface area contributed by atoms with Gasteiger partial charge in [-0.25, -0.2) is 26.3 Å². The van der Waals surface area contributed by atoms with Crippen LogP contribution < -0.4 is 9.47 Å². The smallest absolute Gasteiger partial charge is 0.429 e. The molecular weight excluding hydrogens is 747 g/mol. The first-order valence-corrected chi connectivity index (χ1v) is 14.9. The molecular formula is C36H18ClF13O2. The molecule has 2 nitrogen and oxygen atoms in total. The molecule has 272 valence electrons. The fourth-order valence-corrected chi connectivity index (χ4v) is 5.46. The average molecular weight is 765 g/mol. The highest BCUT2D eigenvalue weighted by Gasteiger charge is 2.41. The molecule has 0 unspecified atom stereocenters. The van der Waals surface area contributed by atoms with E-state index in [4.69, 9.17) is 11.6 Å². The highest BCUT2D eigenvalue weighted by molar-refractivity contribution is 6.31. The Morgan fingerprint density at radius 1 is 0.596 bits per heavy atom. The molecule has 0 heterocycles. The molecule has 0 aromatic heterocycles. The van der Waals surface area contributed by atoms with Crippen LogP contribution in [-0.2, 0) is 12.5 Å². The van der Waals surface area contributed by atoms with Crippen molar-refractivity contribution in [3.63, 3.8) is 0 Å². The van der Waals surface area contributed by atoms with E-state index < -0.39 is 97.8 Å². The molecule has 0 spiro atoms. The van der Waals surface area contributed by atoms with Crippen LogP contribution in [0.4, 0.5) is 57.1 Å². The highest BCUT2D eigenvalue weighted by Crippen LogP contribution is 2.41. The molecule has 0 radical (unpaired) electrons. The zero-order chi connectivity index (χ0) is 38.1. The van der Waals surface area contributed by atoms with Crippen LogP contribution in [0.5, 0.6) is 11.5 Å². The Balaban J connectivity index is 1.36. The maximum absolute atomic E-state index is 15.2. The summed E-state index contributed by atoms with van der Waals surface area (Å²) in [7, 11) is 0. The number of alkyl halides is 5. The van der Waals surface area contributed by atoms with Crippen LogP contribution in [-0.4, -0.2) is 6.36 Å². The fourth-order valence-electron chi connectivity index (χ4n) is 5.14. The lowest BCUT2D eigenvalue weighted by molar-refractivity contribution is -0.276. The van der Waals surface area contributed by atoms with Crippen molar-refractivity contribution in [1.29, 1.82) is 0 Å². The lowest BCUT2D eigenvalue weighted by Crippen LogP contribution is -2.24. The summed E-state index contributed by atoms with van der Waals surface area (Å²) in [5.41, 5.74) is -3.34. The molecule has 0 aliphatic carbocycles. The molecule has 0 bridgehead atoms. The molecule has 0 N–H and O–H groups in total. The minimum Gasteiger partial charge on any atom is -0.429 e. The highest BCUT2D eigenvalue weighted by atomic mass is 35.5. The van der Waals surface area contributed by atoms with Gasteiger partial charge >= 0.3 is 12.5 Å². The summed E-state index contributed by atoms with van der Waals surface area (Å²) in [5.74, 6) is -12.5. The predicted molar refractivity (Wildman–Crippen MR) is 164 cm³/mol. The Kier molecular flexibility index (Phi) is 10.8. The third-order valence-electron chi connectivity index (χ3n) is 7.40. The van der Waals surface area contributed by atoms with Gasteiger partial charge in [0.15, 0.2) is 11.6 Å². The second-order valence-electron chi connectivity index (χ2n) is 10.9. The van der Waals surface area contributed by atoms with Gasteiger partial charge < -0.3 is 9.47 Å². The number of halogens is 14. The number of hydrogen-bond acceptors (Lipinski definition) is 2. The van der Waals surface area contributed by atoms with Gasteiger partial charge in [0.25, 0.3) is 6.08 Å². The van der Waals surface area contributed by atoms with Crippen LogP contribution in [0.15, 0.2) is 91.0 Å². The number of benzene rings is 5. The van der Waals surface area contributed by atoms with Gasteiger partial charge in [-0.05, 0) is 95.3 Å². The number of aryl methyl sites for hydroxylation is 1. The summed E-state index contributed by atoms with van der Waals surface area (Å²) in [6.45, 7) is 0. The Bertz CT molecular complexity index is 2090. The Morgan fingerprint density at radius 3 is 1.71 bits per heavy atom. The molecule has 5 aromatic rings. The Morgan fingerprint density at radius 2 is 1.17 bits per heavy atom. The molecule has 52 heavy (non-hydrogen) atoms. The van der Waals surface area contributed by atoms with Gasteiger partial charge in [0.05, 0.1) is 10.6 Å². The summed E-state index contributed by atoms with van der Waals surface area (Å²) in [6.07, 6.45) is -10.7. The van der Waals surface area contributed by atoms with Crippen LogP contribution in [0.25, 0.3) is 33.4 Å². The maximum atomic E-state index is 15.2.